The lowest BCUT2D eigenvalue weighted by Crippen LogP contribution is -2.02. The van der Waals surface area contributed by atoms with Crippen LogP contribution in [0.1, 0.15) is 22.8 Å². The Balaban J connectivity index is 2.31. The molecule has 0 bridgehead atoms. The molecule has 0 aliphatic carbocycles. The van der Waals surface area contributed by atoms with E-state index in [4.69, 9.17) is 4.74 Å². The van der Waals surface area contributed by atoms with Crippen molar-refractivity contribution in [2.45, 2.75) is 6.92 Å². The average Bonchev–Trinajstić information content (AvgIpc) is 2.39. The molecule has 2 aromatic carbocycles. The summed E-state index contributed by atoms with van der Waals surface area (Å²) in [6.45, 7) is 2.53. The Morgan fingerprint density at radius 2 is 1.79 bits per heavy atom. The van der Waals surface area contributed by atoms with Gasteiger partial charge >= 0.3 is 0 Å². The maximum atomic E-state index is 12.4. The molecule has 0 N–H and O–H groups in total. The SMILES string of the molecule is CCOc1ccc(C(=O)c2ccc(Br)cc2)c(Br)c1. The number of halogens is 2. The van der Waals surface area contributed by atoms with E-state index in [9.17, 15) is 4.79 Å². The predicted molar refractivity (Wildman–Crippen MR) is 82.9 cm³/mol. The molecule has 0 saturated heterocycles. The van der Waals surface area contributed by atoms with Crippen LogP contribution in [0.25, 0.3) is 0 Å². The van der Waals surface area contributed by atoms with Crippen molar-refractivity contribution >= 4 is 37.6 Å². The normalized spacial score (nSPS) is 10.3. The minimum Gasteiger partial charge on any atom is -0.494 e. The standard InChI is InChI=1S/C15H12Br2O2/c1-2-19-12-7-8-13(14(17)9-12)15(18)10-3-5-11(16)6-4-10/h3-9H,2H2,1H3. The van der Waals surface area contributed by atoms with Crippen molar-refractivity contribution in [3.05, 3.63) is 62.5 Å². The highest BCUT2D eigenvalue weighted by Gasteiger charge is 2.13. The zero-order valence-corrected chi connectivity index (χ0v) is 13.5. The van der Waals surface area contributed by atoms with E-state index in [1.54, 1.807) is 24.3 Å². The van der Waals surface area contributed by atoms with E-state index < -0.39 is 0 Å². The van der Waals surface area contributed by atoms with Gasteiger partial charge in [-0.2, -0.15) is 0 Å². The van der Waals surface area contributed by atoms with E-state index in [1.807, 2.05) is 25.1 Å². The van der Waals surface area contributed by atoms with Crippen LogP contribution < -0.4 is 4.74 Å². The van der Waals surface area contributed by atoms with E-state index in [1.165, 1.54) is 0 Å². The number of ketones is 1. The second kappa shape index (κ2) is 6.35. The topological polar surface area (TPSA) is 26.3 Å². The first-order chi connectivity index (χ1) is 9.11. The summed E-state index contributed by atoms with van der Waals surface area (Å²) in [4.78, 5) is 12.4. The van der Waals surface area contributed by atoms with E-state index in [0.717, 1.165) is 14.7 Å². The monoisotopic (exact) mass is 382 g/mol. The van der Waals surface area contributed by atoms with E-state index in [0.29, 0.717) is 17.7 Å². The third-order valence-electron chi connectivity index (χ3n) is 2.60. The molecule has 98 valence electrons. The second-order valence-corrected chi connectivity index (χ2v) is 5.68. The maximum absolute atomic E-state index is 12.4. The minimum atomic E-state index is -0.0116. The smallest absolute Gasteiger partial charge is 0.194 e. The van der Waals surface area contributed by atoms with Gasteiger partial charge in [-0.05, 0) is 65.3 Å². The molecule has 0 radical (unpaired) electrons. The van der Waals surface area contributed by atoms with Gasteiger partial charge in [-0.15, -0.1) is 0 Å². The van der Waals surface area contributed by atoms with Crippen LogP contribution in [0.5, 0.6) is 5.75 Å². The number of carbonyl (C=O) groups excluding carboxylic acids is 1. The van der Waals surface area contributed by atoms with Gasteiger partial charge < -0.3 is 4.74 Å². The number of hydrogen-bond acceptors (Lipinski definition) is 2. The summed E-state index contributed by atoms with van der Waals surface area (Å²) in [7, 11) is 0. The fourth-order valence-corrected chi connectivity index (χ4v) is 2.50. The highest BCUT2D eigenvalue weighted by atomic mass is 79.9. The molecule has 0 atom stereocenters. The summed E-state index contributed by atoms with van der Waals surface area (Å²) in [5.41, 5.74) is 1.29. The van der Waals surface area contributed by atoms with Gasteiger partial charge in [-0.3, -0.25) is 4.79 Å². The lowest BCUT2D eigenvalue weighted by atomic mass is 10.0. The lowest BCUT2D eigenvalue weighted by Gasteiger charge is -2.07. The molecule has 0 unspecified atom stereocenters. The number of carbonyl (C=O) groups is 1. The largest absolute Gasteiger partial charge is 0.494 e. The van der Waals surface area contributed by atoms with E-state index in [2.05, 4.69) is 31.9 Å². The van der Waals surface area contributed by atoms with Gasteiger partial charge in [-0.25, -0.2) is 0 Å². The zero-order chi connectivity index (χ0) is 13.8. The molecule has 2 rings (SSSR count). The summed E-state index contributed by atoms with van der Waals surface area (Å²) >= 11 is 6.77. The Morgan fingerprint density at radius 3 is 2.37 bits per heavy atom. The molecule has 4 heteroatoms. The Hall–Kier alpha value is -1.13. The minimum absolute atomic E-state index is 0.0116. The maximum Gasteiger partial charge on any atom is 0.194 e. The van der Waals surface area contributed by atoms with Crippen molar-refractivity contribution in [3.63, 3.8) is 0 Å². The quantitative estimate of drug-likeness (QED) is 0.706. The molecular formula is C15H12Br2O2. The van der Waals surface area contributed by atoms with Gasteiger partial charge in [0.2, 0.25) is 0 Å². The summed E-state index contributed by atoms with van der Waals surface area (Å²) in [5, 5.41) is 0. The predicted octanol–water partition coefficient (Wildman–Crippen LogP) is 4.84. The highest BCUT2D eigenvalue weighted by molar-refractivity contribution is 9.10. The first-order valence-corrected chi connectivity index (χ1v) is 7.43. The van der Waals surface area contributed by atoms with Crippen molar-refractivity contribution in [2.24, 2.45) is 0 Å². The molecule has 0 amide bonds. The van der Waals surface area contributed by atoms with Crippen LogP contribution in [0, 0.1) is 0 Å². The number of hydrogen-bond donors (Lipinski definition) is 0. The fraction of sp³-hybridized carbons (Fsp3) is 0.133. The third-order valence-corrected chi connectivity index (χ3v) is 3.79. The Labute approximate surface area is 129 Å². The summed E-state index contributed by atoms with van der Waals surface area (Å²) in [6, 6.07) is 12.7. The van der Waals surface area contributed by atoms with Crippen molar-refractivity contribution in [2.75, 3.05) is 6.61 Å². The molecule has 0 aliphatic heterocycles. The first-order valence-electron chi connectivity index (χ1n) is 5.84. The summed E-state index contributed by atoms with van der Waals surface area (Å²) < 4.78 is 7.09. The number of rotatable bonds is 4. The van der Waals surface area contributed by atoms with Gasteiger partial charge in [0.05, 0.1) is 6.61 Å². The van der Waals surface area contributed by atoms with Crippen LogP contribution in [0.3, 0.4) is 0 Å². The van der Waals surface area contributed by atoms with Crippen LogP contribution in [-0.4, -0.2) is 12.4 Å². The molecule has 2 nitrogen and oxygen atoms in total. The van der Waals surface area contributed by atoms with Crippen molar-refractivity contribution in [1.82, 2.24) is 0 Å². The molecule has 0 fully saturated rings. The molecule has 0 aromatic heterocycles. The number of benzene rings is 2. The van der Waals surface area contributed by atoms with Crippen molar-refractivity contribution in [3.8, 4) is 5.75 Å². The van der Waals surface area contributed by atoms with Gasteiger partial charge in [0.25, 0.3) is 0 Å². The van der Waals surface area contributed by atoms with Crippen LogP contribution >= 0.6 is 31.9 Å². The van der Waals surface area contributed by atoms with Gasteiger partial charge in [0.15, 0.2) is 5.78 Å². The Morgan fingerprint density at radius 1 is 1.11 bits per heavy atom. The Kier molecular flexibility index (Phi) is 4.77. The molecule has 19 heavy (non-hydrogen) atoms. The van der Waals surface area contributed by atoms with Crippen LogP contribution in [-0.2, 0) is 0 Å². The third kappa shape index (κ3) is 3.45. The summed E-state index contributed by atoms with van der Waals surface area (Å²) in [6.07, 6.45) is 0. The Bertz CT molecular complexity index is 592. The van der Waals surface area contributed by atoms with Crippen molar-refractivity contribution in [1.29, 1.82) is 0 Å². The van der Waals surface area contributed by atoms with Gasteiger partial charge in [0, 0.05) is 20.1 Å². The van der Waals surface area contributed by atoms with E-state index in [-0.39, 0.29) is 5.78 Å². The molecule has 2 aromatic rings. The molecule has 0 heterocycles. The molecular weight excluding hydrogens is 372 g/mol. The molecule has 0 spiro atoms. The molecule has 0 aliphatic rings. The van der Waals surface area contributed by atoms with Crippen LogP contribution in [0.2, 0.25) is 0 Å². The van der Waals surface area contributed by atoms with Gasteiger partial charge in [0.1, 0.15) is 5.75 Å². The van der Waals surface area contributed by atoms with Crippen molar-refractivity contribution < 1.29 is 9.53 Å². The number of ether oxygens (including phenoxy) is 1. The fourth-order valence-electron chi connectivity index (χ4n) is 1.69. The lowest BCUT2D eigenvalue weighted by molar-refractivity contribution is 0.103. The zero-order valence-electron chi connectivity index (χ0n) is 10.3. The van der Waals surface area contributed by atoms with E-state index >= 15 is 0 Å². The van der Waals surface area contributed by atoms with Gasteiger partial charge in [-0.1, -0.05) is 15.9 Å². The second-order valence-electron chi connectivity index (χ2n) is 3.91. The van der Waals surface area contributed by atoms with Crippen LogP contribution in [0.4, 0.5) is 0 Å². The highest BCUT2D eigenvalue weighted by Crippen LogP contribution is 2.25. The first kappa shape index (κ1) is 14.3. The average molecular weight is 384 g/mol. The summed E-state index contributed by atoms with van der Waals surface area (Å²) in [5.74, 6) is 0.740. The molecule has 0 saturated carbocycles. The van der Waals surface area contributed by atoms with Crippen LogP contribution in [0.15, 0.2) is 51.4 Å².